The molecule has 1 rings (SSSR count). The molecule has 0 bridgehead atoms. The zero-order valence-corrected chi connectivity index (χ0v) is 7.43. The number of benzene rings is 1. The Labute approximate surface area is 74.2 Å². The SMILES string of the molecule is C#CCc1ccc(O)c(Br)c1. The van der Waals surface area contributed by atoms with E-state index in [9.17, 15) is 0 Å². The largest absolute Gasteiger partial charge is 0.507 e. The summed E-state index contributed by atoms with van der Waals surface area (Å²) in [7, 11) is 0. The molecule has 0 heterocycles. The van der Waals surface area contributed by atoms with Crippen molar-refractivity contribution in [2.75, 3.05) is 0 Å². The number of phenolic OH excluding ortho intramolecular Hbond substituents is 1. The summed E-state index contributed by atoms with van der Waals surface area (Å²) in [4.78, 5) is 0. The number of hydrogen-bond donors (Lipinski definition) is 1. The summed E-state index contributed by atoms with van der Waals surface area (Å²) in [6.45, 7) is 0. The van der Waals surface area contributed by atoms with E-state index in [2.05, 4.69) is 21.9 Å². The molecule has 0 amide bonds. The second kappa shape index (κ2) is 3.45. The van der Waals surface area contributed by atoms with Crippen molar-refractivity contribution in [3.8, 4) is 18.1 Å². The second-order valence-electron chi connectivity index (χ2n) is 2.17. The minimum Gasteiger partial charge on any atom is -0.507 e. The van der Waals surface area contributed by atoms with Crippen molar-refractivity contribution < 1.29 is 5.11 Å². The molecular formula is C9H7BrO. The lowest BCUT2D eigenvalue weighted by Gasteiger charge is -1.98. The predicted octanol–water partition coefficient (Wildman–Crippen LogP) is 2.33. The number of rotatable bonds is 1. The average Bonchev–Trinajstić information content (AvgIpc) is 1.98. The van der Waals surface area contributed by atoms with Crippen molar-refractivity contribution in [3.05, 3.63) is 28.2 Å². The molecule has 0 saturated heterocycles. The highest BCUT2D eigenvalue weighted by Gasteiger charge is 1.97. The van der Waals surface area contributed by atoms with Crippen LogP contribution >= 0.6 is 15.9 Å². The third-order valence-electron chi connectivity index (χ3n) is 1.32. The van der Waals surface area contributed by atoms with Gasteiger partial charge in [-0.2, -0.15) is 0 Å². The first-order valence-electron chi connectivity index (χ1n) is 3.15. The Balaban J connectivity index is 2.98. The van der Waals surface area contributed by atoms with Gasteiger partial charge in [-0.25, -0.2) is 0 Å². The van der Waals surface area contributed by atoms with E-state index >= 15 is 0 Å². The number of aromatic hydroxyl groups is 1. The molecule has 0 spiro atoms. The van der Waals surface area contributed by atoms with E-state index in [1.54, 1.807) is 12.1 Å². The zero-order chi connectivity index (χ0) is 8.27. The van der Waals surface area contributed by atoms with Gasteiger partial charge in [0.25, 0.3) is 0 Å². The Bertz CT molecular complexity index is 299. The quantitative estimate of drug-likeness (QED) is 0.706. The molecule has 0 fully saturated rings. The van der Waals surface area contributed by atoms with E-state index in [-0.39, 0.29) is 5.75 Å². The second-order valence-corrected chi connectivity index (χ2v) is 3.02. The fourth-order valence-electron chi connectivity index (χ4n) is 0.778. The number of phenols is 1. The lowest BCUT2D eigenvalue weighted by atomic mass is 10.1. The van der Waals surface area contributed by atoms with Crippen molar-refractivity contribution in [2.24, 2.45) is 0 Å². The highest BCUT2D eigenvalue weighted by Crippen LogP contribution is 2.24. The molecule has 0 atom stereocenters. The third kappa shape index (κ3) is 1.99. The van der Waals surface area contributed by atoms with Crippen LogP contribution in [0.5, 0.6) is 5.75 Å². The number of halogens is 1. The molecule has 0 aliphatic carbocycles. The van der Waals surface area contributed by atoms with Crippen molar-refractivity contribution in [3.63, 3.8) is 0 Å². The fourth-order valence-corrected chi connectivity index (χ4v) is 1.20. The van der Waals surface area contributed by atoms with Gasteiger partial charge < -0.3 is 5.11 Å². The van der Waals surface area contributed by atoms with E-state index < -0.39 is 0 Å². The number of terminal acetylenes is 1. The maximum atomic E-state index is 9.11. The van der Waals surface area contributed by atoms with Crippen LogP contribution in [0.1, 0.15) is 5.56 Å². The van der Waals surface area contributed by atoms with Crippen molar-refractivity contribution in [1.82, 2.24) is 0 Å². The minimum atomic E-state index is 0.241. The maximum Gasteiger partial charge on any atom is 0.129 e. The number of hydrogen-bond acceptors (Lipinski definition) is 1. The van der Waals surface area contributed by atoms with Crippen molar-refractivity contribution in [1.29, 1.82) is 0 Å². The third-order valence-corrected chi connectivity index (χ3v) is 1.95. The molecule has 1 aromatic rings. The summed E-state index contributed by atoms with van der Waals surface area (Å²) in [6.07, 6.45) is 5.72. The highest BCUT2D eigenvalue weighted by atomic mass is 79.9. The Hall–Kier alpha value is -0.940. The Morgan fingerprint density at radius 1 is 1.55 bits per heavy atom. The van der Waals surface area contributed by atoms with Gasteiger partial charge in [0.2, 0.25) is 0 Å². The van der Waals surface area contributed by atoms with Crippen LogP contribution in [0.25, 0.3) is 0 Å². The summed E-state index contributed by atoms with van der Waals surface area (Å²) in [5, 5.41) is 9.11. The van der Waals surface area contributed by atoms with Crippen LogP contribution in [0.15, 0.2) is 22.7 Å². The average molecular weight is 211 g/mol. The molecule has 1 aromatic carbocycles. The molecule has 11 heavy (non-hydrogen) atoms. The van der Waals surface area contributed by atoms with Gasteiger partial charge in [-0.3, -0.25) is 0 Å². The predicted molar refractivity (Wildman–Crippen MR) is 48.3 cm³/mol. The minimum absolute atomic E-state index is 0.241. The van der Waals surface area contributed by atoms with Gasteiger partial charge in [0, 0.05) is 6.42 Å². The molecule has 1 nitrogen and oxygen atoms in total. The van der Waals surface area contributed by atoms with Crippen LogP contribution in [0.3, 0.4) is 0 Å². The van der Waals surface area contributed by atoms with Gasteiger partial charge in [-0.1, -0.05) is 6.07 Å². The summed E-state index contributed by atoms with van der Waals surface area (Å²) in [5.74, 6) is 2.77. The van der Waals surface area contributed by atoms with Gasteiger partial charge in [0.1, 0.15) is 5.75 Å². The molecule has 2 heteroatoms. The van der Waals surface area contributed by atoms with Crippen LogP contribution in [-0.4, -0.2) is 5.11 Å². The van der Waals surface area contributed by atoms with E-state index in [1.807, 2.05) is 6.07 Å². The van der Waals surface area contributed by atoms with Gasteiger partial charge in [-0.05, 0) is 33.6 Å². The molecule has 0 aliphatic rings. The summed E-state index contributed by atoms with van der Waals surface area (Å²) < 4.78 is 0.685. The molecule has 0 aromatic heterocycles. The van der Waals surface area contributed by atoms with Crippen LogP contribution in [0, 0.1) is 12.3 Å². The van der Waals surface area contributed by atoms with Gasteiger partial charge in [-0.15, -0.1) is 12.3 Å². The summed E-state index contributed by atoms with van der Waals surface area (Å²) >= 11 is 3.20. The Kier molecular flexibility index (Phi) is 2.56. The first-order valence-corrected chi connectivity index (χ1v) is 3.94. The van der Waals surface area contributed by atoms with Crippen LogP contribution in [0.2, 0.25) is 0 Å². The smallest absolute Gasteiger partial charge is 0.129 e. The van der Waals surface area contributed by atoms with Gasteiger partial charge in [0.15, 0.2) is 0 Å². The van der Waals surface area contributed by atoms with Gasteiger partial charge >= 0.3 is 0 Å². The van der Waals surface area contributed by atoms with Crippen LogP contribution in [0.4, 0.5) is 0 Å². The molecule has 0 saturated carbocycles. The summed E-state index contributed by atoms with van der Waals surface area (Å²) in [6, 6.07) is 5.24. The topological polar surface area (TPSA) is 20.2 Å². The summed E-state index contributed by atoms with van der Waals surface area (Å²) in [5.41, 5.74) is 1.03. The van der Waals surface area contributed by atoms with E-state index in [0.29, 0.717) is 10.9 Å². The van der Waals surface area contributed by atoms with E-state index in [0.717, 1.165) is 5.56 Å². The van der Waals surface area contributed by atoms with Gasteiger partial charge in [0.05, 0.1) is 4.47 Å². The van der Waals surface area contributed by atoms with E-state index in [4.69, 9.17) is 11.5 Å². The molecule has 0 unspecified atom stereocenters. The highest BCUT2D eigenvalue weighted by molar-refractivity contribution is 9.10. The molecule has 56 valence electrons. The molecule has 0 radical (unpaired) electrons. The lowest BCUT2D eigenvalue weighted by molar-refractivity contribution is 0.471. The Morgan fingerprint density at radius 2 is 2.27 bits per heavy atom. The monoisotopic (exact) mass is 210 g/mol. The molecular weight excluding hydrogens is 204 g/mol. The van der Waals surface area contributed by atoms with E-state index in [1.165, 1.54) is 0 Å². The van der Waals surface area contributed by atoms with Crippen molar-refractivity contribution >= 4 is 15.9 Å². The zero-order valence-electron chi connectivity index (χ0n) is 5.84. The van der Waals surface area contributed by atoms with Crippen LogP contribution in [-0.2, 0) is 6.42 Å². The fraction of sp³-hybridized carbons (Fsp3) is 0.111. The Morgan fingerprint density at radius 3 is 2.82 bits per heavy atom. The molecule has 0 aliphatic heterocycles. The first kappa shape index (κ1) is 8.16. The standard InChI is InChI=1S/C9H7BrO/c1-2-3-7-4-5-9(11)8(10)6-7/h1,4-6,11H,3H2. The van der Waals surface area contributed by atoms with Crippen LogP contribution < -0.4 is 0 Å². The normalized spacial score (nSPS) is 9.09. The molecule has 1 N–H and O–H groups in total. The lowest BCUT2D eigenvalue weighted by Crippen LogP contribution is -1.80. The maximum absolute atomic E-state index is 9.11. The van der Waals surface area contributed by atoms with Crippen molar-refractivity contribution in [2.45, 2.75) is 6.42 Å². The first-order chi connectivity index (χ1) is 5.24.